The first kappa shape index (κ1) is 25.2. The molecule has 126 valence electrons. The molecule has 0 aliphatic heterocycles. The molecule has 1 aliphatic rings. The molecule has 0 amide bonds. The maximum Gasteiger partial charge on any atom is -0.0276 e. The Balaban J connectivity index is -0.000000275. The first-order valence-electron chi connectivity index (χ1n) is 9.27. The van der Waals surface area contributed by atoms with Crippen molar-refractivity contribution in [3.63, 3.8) is 0 Å². The van der Waals surface area contributed by atoms with Crippen LogP contribution in [0.2, 0.25) is 0 Å². The number of fused-ring (bicyclic) bond motifs is 1. The lowest BCUT2D eigenvalue weighted by molar-refractivity contribution is 0.685. The highest BCUT2D eigenvalue weighted by atomic mass is 14.1. The highest BCUT2D eigenvalue weighted by Crippen LogP contribution is 2.21. The molecule has 0 radical (unpaired) electrons. The normalized spacial score (nSPS) is 10.7. The van der Waals surface area contributed by atoms with E-state index in [1.165, 1.54) is 44.1 Å². The Kier molecular flexibility index (Phi) is 25.8. The molecule has 0 atom stereocenters. The molecule has 0 heterocycles. The van der Waals surface area contributed by atoms with E-state index in [1.54, 1.807) is 11.1 Å². The summed E-state index contributed by atoms with van der Waals surface area (Å²) in [4.78, 5) is 0. The number of hydrogen-bond donors (Lipinski definition) is 0. The van der Waals surface area contributed by atoms with E-state index in [9.17, 15) is 0 Å². The summed E-state index contributed by atoms with van der Waals surface area (Å²) in [6.07, 6.45) is 7.87. The molecule has 0 aromatic heterocycles. The molecule has 1 aromatic rings. The Bertz CT molecular complexity index is 284. The third-order valence-corrected chi connectivity index (χ3v) is 2.50. The summed E-state index contributed by atoms with van der Waals surface area (Å²) in [7, 11) is 0. The number of rotatable bonds is 0. The average Bonchev–Trinajstić information content (AvgIpc) is 2.53. The van der Waals surface area contributed by atoms with E-state index in [2.05, 4.69) is 52.8 Å². The lowest BCUT2D eigenvalue weighted by Gasteiger charge is -2.15. The molecule has 0 saturated heterocycles. The molecule has 1 aliphatic carbocycles. The molecule has 2 rings (SSSR count). The molecule has 0 saturated carbocycles. The van der Waals surface area contributed by atoms with Gasteiger partial charge in [0.05, 0.1) is 0 Å². The van der Waals surface area contributed by atoms with Gasteiger partial charge < -0.3 is 0 Å². The average molecular weight is 295 g/mol. The minimum atomic E-state index is 1.25. The van der Waals surface area contributed by atoms with Crippen molar-refractivity contribution in [2.75, 3.05) is 0 Å². The lowest BCUT2D eigenvalue weighted by Crippen LogP contribution is -2.01. The van der Waals surface area contributed by atoms with Crippen LogP contribution in [0.5, 0.6) is 0 Å². The fourth-order valence-corrected chi connectivity index (χ4v) is 1.86. The minimum Gasteiger partial charge on any atom is -0.0683 e. The summed E-state index contributed by atoms with van der Waals surface area (Å²) in [5.74, 6) is 0. The zero-order chi connectivity index (χ0) is 17.1. The lowest BCUT2D eigenvalue weighted by atomic mass is 9.91. The van der Waals surface area contributed by atoms with Gasteiger partial charge in [0.15, 0.2) is 0 Å². The summed E-state index contributed by atoms with van der Waals surface area (Å²) in [6, 6.07) is 6.86. The first-order chi connectivity index (χ1) is 10.2. The van der Waals surface area contributed by atoms with Crippen molar-refractivity contribution >= 4 is 0 Å². The van der Waals surface area contributed by atoms with Gasteiger partial charge in [0, 0.05) is 0 Å². The van der Waals surface area contributed by atoms with Crippen LogP contribution in [0.1, 0.15) is 97.8 Å². The van der Waals surface area contributed by atoms with E-state index in [0.29, 0.717) is 0 Å². The van der Waals surface area contributed by atoms with Crippen molar-refractivity contribution < 1.29 is 0 Å². The quantitative estimate of drug-likeness (QED) is 0.458. The predicted octanol–water partition coefficient (Wildman–Crippen LogP) is 7.76. The Hall–Kier alpha value is -0.780. The Morgan fingerprint density at radius 3 is 1.52 bits per heavy atom. The van der Waals surface area contributed by atoms with Crippen molar-refractivity contribution in [2.45, 2.75) is 101 Å². The van der Waals surface area contributed by atoms with Crippen molar-refractivity contribution in [2.24, 2.45) is 0 Å². The summed E-state index contributed by atoms with van der Waals surface area (Å²) >= 11 is 0. The van der Waals surface area contributed by atoms with E-state index in [0.717, 1.165) is 0 Å². The van der Waals surface area contributed by atoms with Gasteiger partial charge in [-0.3, -0.25) is 0 Å². The van der Waals surface area contributed by atoms with Crippen LogP contribution in [-0.2, 0) is 12.8 Å². The first-order valence-corrected chi connectivity index (χ1v) is 9.27. The molecule has 21 heavy (non-hydrogen) atoms. The van der Waals surface area contributed by atoms with Gasteiger partial charge >= 0.3 is 0 Å². The second-order valence-electron chi connectivity index (χ2n) is 4.89. The monoisotopic (exact) mass is 294 g/mol. The molecular formula is C21H42. The highest BCUT2D eigenvalue weighted by Gasteiger charge is 2.07. The maximum absolute atomic E-state index is 2.34. The molecule has 0 N–H and O–H groups in total. The van der Waals surface area contributed by atoms with Gasteiger partial charge in [-0.25, -0.2) is 0 Å². The van der Waals surface area contributed by atoms with Crippen molar-refractivity contribution in [3.05, 3.63) is 34.9 Å². The summed E-state index contributed by atoms with van der Waals surface area (Å²) in [5, 5.41) is 0. The van der Waals surface area contributed by atoms with Crippen LogP contribution in [0, 0.1) is 6.92 Å². The standard InChI is InChI=1S/C11H14.2C3H8.2C2H6/c1-9-6-7-10-4-2-3-5-11(10)8-9;2*1-3-2;2*1-2/h6-8H,2-5H2,1H3;2*3H2,1-2H3;2*1-2H3. The van der Waals surface area contributed by atoms with Crippen LogP contribution in [-0.4, -0.2) is 0 Å². The van der Waals surface area contributed by atoms with E-state index in [4.69, 9.17) is 0 Å². The second-order valence-corrected chi connectivity index (χ2v) is 4.89. The smallest absolute Gasteiger partial charge is 0.0276 e. The summed E-state index contributed by atoms with van der Waals surface area (Å²) in [5.41, 5.74) is 4.59. The van der Waals surface area contributed by atoms with Gasteiger partial charge in [-0.2, -0.15) is 0 Å². The van der Waals surface area contributed by atoms with E-state index in [-0.39, 0.29) is 0 Å². The molecular weight excluding hydrogens is 252 g/mol. The number of aryl methyl sites for hydroxylation is 3. The largest absolute Gasteiger partial charge is 0.0683 e. The van der Waals surface area contributed by atoms with Crippen LogP contribution < -0.4 is 0 Å². The molecule has 0 bridgehead atoms. The molecule has 0 unspecified atom stereocenters. The van der Waals surface area contributed by atoms with Crippen LogP contribution in [0.15, 0.2) is 18.2 Å². The summed E-state index contributed by atoms with van der Waals surface area (Å²) < 4.78 is 0. The molecule has 0 nitrogen and oxygen atoms in total. The molecule has 0 fully saturated rings. The fourth-order valence-electron chi connectivity index (χ4n) is 1.86. The molecule has 1 aromatic carbocycles. The second kappa shape index (κ2) is 21.5. The van der Waals surface area contributed by atoms with Gasteiger partial charge in [-0.1, -0.05) is 92.0 Å². The molecule has 0 heteroatoms. The van der Waals surface area contributed by atoms with E-state index >= 15 is 0 Å². The van der Waals surface area contributed by atoms with E-state index in [1.807, 2.05) is 27.7 Å². The van der Waals surface area contributed by atoms with Crippen molar-refractivity contribution in [3.8, 4) is 0 Å². The SMILES string of the molecule is CC.CC.CCC.CCC.Cc1ccc2c(c1)CCCC2. The fraction of sp³-hybridized carbons (Fsp3) is 0.714. The van der Waals surface area contributed by atoms with Crippen LogP contribution >= 0.6 is 0 Å². The Morgan fingerprint density at radius 2 is 1.10 bits per heavy atom. The Morgan fingerprint density at radius 1 is 0.714 bits per heavy atom. The zero-order valence-electron chi connectivity index (χ0n) is 16.5. The topological polar surface area (TPSA) is 0 Å². The zero-order valence-corrected chi connectivity index (χ0v) is 16.5. The molecule has 0 spiro atoms. The predicted molar refractivity (Wildman–Crippen MR) is 102 cm³/mol. The van der Waals surface area contributed by atoms with Crippen LogP contribution in [0.3, 0.4) is 0 Å². The third-order valence-electron chi connectivity index (χ3n) is 2.50. The van der Waals surface area contributed by atoms with Gasteiger partial charge in [0.1, 0.15) is 0 Å². The van der Waals surface area contributed by atoms with Gasteiger partial charge in [-0.05, 0) is 43.7 Å². The van der Waals surface area contributed by atoms with Crippen molar-refractivity contribution in [1.29, 1.82) is 0 Å². The Labute approximate surface area is 136 Å². The van der Waals surface area contributed by atoms with Crippen LogP contribution in [0.25, 0.3) is 0 Å². The van der Waals surface area contributed by atoms with E-state index < -0.39 is 0 Å². The van der Waals surface area contributed by atoms with Gasteiger partial charge in [-0.15, -0.1) is 0 Å². The van der Waals surface area contributed by atoms with Gasteiger partial charge in [0.2, 0.25) is 0 Å². The highest BCUT2D eigenvalue weighted by molar-refractivity contribution is 5.32. The number of benzene rings is 1. The minimum absolute atomic E-state index is 1.25. The van der Waals surface area contributed by atoms with Crippen LogP contribution in [0.4, 0.5) is 0 Å². The maximum atomic E-state index is 2.34. The number of hydrogen-bond acceptors (Lipinski definition) is 0. The van der Waals surface area contributed by atoms with Gasteiger partial charge in [0.25, 0.3) is 0 Å². The van der Waals surface area contributed by atoms with Crippen molar-refractivity contribution in [1.82, 2.24) is 0 Å². The third kappa shape index (κ3) is 15.4. The summed E-state index contributed by atoms with van der Waals surface area (Å²) in [6.45, 7) is 18.7.